The minimum atomic E-state index is -0.595. The Morgan fingerprint density at radius 3 is 2.38 bits per heavy atom. The molecule has 0 aliphatic rings. The highest BCUT2D eigenvalue weighted by atomic mass is 32.2. The van der Waals surface area contributed by atoms with Crippen LogP contribution in [0.25, 0.3) is 11.1 Å². The van der Waals surface area contributed by atoms with Crippen LogP contribution in [0.2, 0.25) is 0 Å². The monoisotopic (exact) mass is 301 g/mol. The molecule has 110 valence electrons. The zero-order chi connectivity index (χ0) is 15.6. The molecular formula is C17H19NO2S. The maximum absolute atomic E-state index is 11.6. The molecule has 2 aromatic carbocycles. The van der Waals surface area contributed by atoms with E-state index in [0.717, 1.165) is 27.3 Å². The standard InChI is InChI=1S/C17H19NO2S/c1-4-21-16-11(3)13(9-14(19)15(16)17(18)20)12-7-5-10(2)6-8-12/h5-9,19H,4H2,1-3H3,(H2,18,20). The molecule has 3 N–H and O–H groups in total. The van der Waals surface area contributed by atoms with Gasteiger partial charge in [-0.05, 0) is 42.4 Å². The number of benzene rings is 2. The number of amides is 1. The van der Waals surface area contributed by atoms with Crippen molar-refractivity contribution < 1.29 is 9.90 Å². The van der Waals surface area contributed by atoms with Crippen molar-refractivity contribution in [2.24, 2.45) is 5.73 Å². The number of aromatic hydroxyl groups is 1. The summed E-state index contributed by atoms with van der Waals surface area (Å²) in [5.41, 5.74) is 9.72. The van der Waals surface area contributed by atoms with Gasteiger partial charge in [-0.15, -0.1) is 11.8 Å². The van der Waals surface area contributed by atoms with Crippen LogP contribution in [0, 0.1) is 13.8 Å². The number of carbonyl (C=O) groups excluding carboxylic acids is 1. The van der Waals surface area contributed by atoms with E-state index in [0.29, 0.717) is 0 Å². The Balaban J connectivity index is 2.68. The second-order valence-corrected chi connectivity index (χ2v) is 6.21. The van der Waals surface area contributed by atoms with Gasteiger partial charge < -0.3 is 10.8 Å². The Labute approximate surface area is 129 Å². The molecule has 1 amide bonds. The zero-order valence-corrected chi connectivity index (χ0v) is 13.3. The van der Waals surface area contributed by atoms with Gasteiger partial charge in [0.15, 0.2) is 0 Å². The summed E-state index contributed by atoms with van der Waals surface area (Å²) in [6.07, 6.45) is 0. The Hall–Kier alpha value is -1.94. The quantitative estimate of drug-likeness (QED) is 0.842. The molecule has 0 aliphatic carbocycles. The maximum atomic E-state index is 11.6. The summed E-state index contributed by atoms with van der Waals surface area (Å²) in [5, 5.41) is 10.2. The molecule has 0 saturated carbocycles. The van der Waals surface area contributed by atoms with Crippen LogP contribution in [0.4, 0.5) is 0 Å². The molecule has 0 unspecified atom stereocenters. The maximum Gasteiger partial charge on any atom is 0.253 e. The van der Waals surface area contributed by atoms with Crippen molar-refractivity contribution in [2.75, 3.05) is 5.75 Å². The first-order valence-corrected chi connectivity index (χ1v) is 7.80. The highest BCUT2D eigenvalue weighted by molar-refractivity contribution is 7.99. The Morgan fingerprint density at radius 2 is 1.86 bits per heavy atom. The molecule has 0 aromatic heterocycles. The number of hydrogen-bond donors (Lipinski definition) is 2. The van der Waals surface area contributed by atoms with E-state index in [2.05, 4.69) is 0 Å². The molecule has 0 saturated heterocycles. The predicted molar refractivity (Wildman–Crippen MR) is 87.9 cm³/mol. The van der Waals surface area contributed by atoms with Crippen LogP contribution in [0.5, 0.6) is 5.75 Å². The fraction of sp³-hybridized carbons (Fsp3) is 0.235. The average molecular weight is 301 g/mol. The SMILES string of the molecule is CCSc1c(C)c(-c2ccc(C)cc2)cc(O)c1C(N)=O. The van der Waals surface area contributed by atoms with E-state index in [4.69, 9.17) is 5.73 Å². The van der Waals surface area contributed by atoms with Crippen molar-refractivity contribution in [1.29, 1.82) is 0 Å². The minimum Gasteiger partial charge on any atom is -0.507 e. The second-order valence-electron chi connectivity index (χ2n) is 4.94. The van der Waals surface area contributed by atoms with Gasteiger partial charge >= 0.3 is 0 Å². The molecule has 2 rings (SSSR count). The summed E-state index contributed by atoms with van der Waals surface area (Å²) in [4.78, 5) is 12.4. The summed E-state index contributed by atoms with van der Waals surface area (Å²) in [7, 11) is 0. The number of thioether (sulfide) groups is 1. The molecule has 0 radical (unpaired) electrons. The molecule has 0 heterocycles. The highest BCUT2D eigenvalue weighted by Crippen LogP contribution is 2.39. The Bertz CT molecular complexity index is 678. The van der Waals surface area contributed by atoms with Gasteiger partial charge in [0.25, 0.3) is 5.91 Å². The van der Waals surface area contributed by atoms with Gasteiger partial charge in [-0.2, -0.15) is 0 Å². The molecular weight excluding hydrogens is 282 g/mol. The number of nitrogens with two attached hydrogens (primary N) is 1. The van der Waals surface area contributed by atoms with Crippen LogP contribution in [0.3, 0.4) is 0 Å². The molecule has 0 bridgehead atoms. The first-order valence-electron chi connectivity index (χ1n) is 6.82. The van der Waals surface area contributed by atoms with Crippen molar-refractivity contribution in [1.82, 2.24) is 0 Å². The van der Waals surface area contributed by atoms with Crippen molar-refractivity contribution in [2.45, 2.75) is 25.7 Å². The topological polar surface area (TPSA) is 63.3 Å². The van der Waals surface area contributed by atoms with Crippen LogP contribution in [0.1, 0.15) is 28.4 Å². The van der Waals surface area contributed by atoms with Gasteiger partial charge in [0.1, 0.15) is 5.75 Å². The molecule has 0 spiro atoms. The normalized spacial score (nSPS) is 10.6. The fourth-order valence-corrected chi connectivity index (χ4v) is 3.30. The van der Waals surface area contributed by atoms with Crippen LogP contribution >= 0.6 is 11.8 Å². The lowest BCUT2D eigenvalue weighted by Gasteiger charge is -2.16. The van der Waals surface area contributed by atoms with Gasteiger partial charge in [0.2, 0.25) is 0 Å². The van der Waals surface area contributed by atoms with E-state index in [-0.39, 0.29) is 11.3 Å². The smallest absolute Gasteiger partial charge is 0.253 e. The molecule has 0 fully saturated rings. The van der Waals surface area contributed by atoms with Crippen molar-refractivity contribution in [3.05, 3.63) is 47.0 Å². The van der Waals surface area contributed by atoms with E-state index in [9.17, 15) is 9.90 Å². The lowest BCUT2D eigenvalue weighted by Crippen LogP contribution is -2.13. The predicted octanol–water partition coefficient (Wildman–Crippen LogP) is 3.89. The summed E-state index contributed by atoms with van der Waals surface area (Å²) in [5.74, 6) is 0.152. The van der Waals surface area contributed by atoms with Gasteiger partial charge in [0, 0.05) is 4.90 Å². The molecule has 4 heteroatoms. The molecule has 21 heavy (non-hydrogen) atoms. The summed E-state index contributed by atoms with van der Waals surface area (Å²) in [6, 6.07) is 9.71. The van der Waals surface area contributed by atoms with Crippen LogP contribution in [-0.2, 0) is 0 Å². The number of rotatable bonds is 4. The van der Waals surface area contributed by atoms with Crippen molar-refractivity contribution in [3.8, 4) is 16.9 Å². The fourth-order valence-electron chi connectivity index (χ4n) is 2.34. The molecule has 2 aromatic rings. The van der Waals surface area contributed by atoms with E-state index in [1.54, 1.807) is 6.07 Å². The summed E-state index contributed by atoms with van der Waals surface area (Å²) < 4.78 is 0. The first kappa shape index (κ1) is 15.4. The first-order chi connectivity index (χ1) is 9.95. The van der Waals surface area contributed by atoms with Gasteiger partial charge in [-0.1, -0.05) is 36.8 Å². The van der Waals surface area contributed by atoms with Gasteiger partial charge in [-0.3, -0.25) is 4.79 Å². The van der Waals surface area contributed by atoms with Crippen LogP contribution in [0.15, 0.2) is 35.2 Å². The second kappa shape index (κ2) is 6.22. The van der Waals surface area contributed by atoms with Gasteiger partial charge in [0.05, 0.1) is 5.56 Å². The van der Waals surface area contributed by atoms with E-state index in [1.165, 1.54) is 17.3 Å². The third-order valence-corrected chi connectivity index (χ3v) is 4.49. The molecule has 0 atom stereocenters. The lowest BCUT2D eigenvalue weighted by atomic mass is 9.96. The Morgan fingerprint density at radius 1 is 1.24 bits per heavy atom. The number of hydrogen-bond acceptors (Lipinski definition) is 3. The number of phenols is 1. The van der Waals surface area contributed by atoms with Crippen molar-refractivity contribution >= 4 is 17.7 Å². The largest absolute Gasteiger partial charge is 0.507 e. The zero-order valence-electron chi connectivity index (χ0n) is 12.4. The van der Waals surface area contributed by atoms with E-state index < -0.39 is 5.91 Å². The number of carbonyl (C=O) groups is 1. The number of primary amides is 1. The van der Waals surface area contributed by atoms with Gasteiger partial charge in [-0.25, -0.2) is 0 Å². The average Bonchev–Trinajstić information content (AvgIpc) is 2.43. The summed E-state index contributed by atoms with van der Waals surface area (Å²) >= 11 is 1.52. The lowest BCUT2D eigenvalue weighted by molar-refractivity contribution is 0.0994. The van der Waals surface area contributed by atoms with E-state index >= 15 is 0 Å². The van der Waals surface area contributed by atoms with E-state index in [1.807, 2.05) is 45.0 Å². The molecule has 3 nitrogen and oxygen atoms in total. The highest BCUT2D eigenvalue weighted by Gasteiger charge is 2.19. The third kappa shape index (κ3) is 3.05. The minimum absolute atomic E-state index is 0.0559. The number of aryl methyl sites for hydroxylation is 1. The van der Waals surface area contributed by atoms with Crippen molar-refractivity contribution in [3.63, 3.8) is 0 Å². The third-order valence-electron chi connectivity index (χ3n) is 3.41. The van der Waals surface area contributed by atoms with Crippen LogP contribution in [-0.4, -0.2) is 16.8 Å². The summed E-state index contributed by atoms with van der Waals surface area (Å²) in [6.45, 7) is 5.99. The molecule has 0 aliphatic heterocycles. The van der Waals surface area contributed by atoms with Crippen LogP contribution < -0.4 is 5.73 Å². The Kier molecular flexibility index (Phi) is 4.58.